The molecule has 1 aliphatic heterocycles. The minimum absolute atomic E-state index is 0.157. The van der Waals surface area contributed by atoms with Crippen molar-refractivity contribution in [1.29, 1.82) is 0 Å². The Morgan fingerprint density at radius 2 is 1.46 bits per heavy atom. The zero-order valence-corrected chi connectivity index (χ0v) is 20.3. The summed E-state index contributed by atoms with van der Waals surface area (Å²) < 4.78 is 15.1. The van der Waals surface area contributed by atoms with Crippen LogP contribution >= 0.6 is 0 Å². The molecule has 192 valence electrons. The van der Waals surface area contributed by atoms with E-state index >= 15 is 4.39 Å². The first-order chi connectivity index (χ1) is 16.9. The van der Waals surface area contributed by atoms with Crippen LogP contribution in [-0.4, -0.2) is 59.0 Å². The van der Waals surface area contributed by atoms with E-state index in [1.54, 1.807) is 6.07 Å². The molecule has 1 atom stereocenters. The van der Waals surface area contributed by atoms with Crippen LogP contribution in [0.2, 0.25) is 0 Å². The number of piperidine rings is 1. The van der Waals surface area contributed by atoms with E-state index in [9.17, 15) is 19.5 Å². The minimum atomic E-state index is -1.03. The van der Waals surface area contributed by atoms with Crippen molar-refractivity contribution in [3.8, 4) is 0 Å². The van der Waals surface area contributed by atoms with Crippen molar-refractivity contribution in [2.75, 3.05) is 23.7 Å². The van der Waals surface area contributed by atoms with Gasteiger partial charge in [-0.05, 0) is 57.1 Å². The van der Waals surface area contributed by atoms with Gasteiger partial charge in [-0.1, -0.05) is 32.1 Å². The third kappa shape index (κ3) is 6.44. The maximum absolute atomic E-state index is 15.1. The van der Waals surface area contributed by atoms with Crippen LogP contribution < -0.4 is 16.0 Å². The Morgan fingerprint density at radius 3 is 2.11 bits per heavy atom. The highest BCUT2D eigenvalue weighted by Crippen LogP contribution is 2.31. The second-order valence-corrected chi connectivity index (χ2v) is 10.1. The summed E-state index contributed by atoms with van der Waals surface area (Å²) in [6.07, 6.45) is 11.6. The highest BCUT2D eigenvalue weighted by molar-refractivity contribution is 6.02. The molecule has 0 radical (unpaired) electrons. The zero-order chi connectivity index (χ0) is 24.8. The van der Waals surface area contributed by atoms with Gasteiger partial charge in [-0.3, -0.25) is 9.59 Å². The van der Waals surface area contributed by atoms with Gasteiger partial charge in [0.25, 0.3) is 5.91 Å². The molecule has 3 fully saturated rings. The number of nitrogens with zero attached hydrogens (tertiary/aromatic N) is 1. The molecule has 2 amide bonds. The SMILES string of the molecule is O=C(NCC(=O)N1CCCCC1C(=O)O)c1cc(F)c(NC2CCCCC2)cc1NC1CCCC1. The van der Waals surface area contributed by atoms with Crippen LogP contribution in [0.25, 0.3) is 0 Å². The van der Waals surface area contributed by atoms with Gasteiger partial charge in [0.15, 0.2) is 0 Å². The molecule has 2 aliphatic carbocycles. The fourth-order valence-corrected chi connectivity index (χ4v) is 5.59. The average Bonchev–Trinajstić information content (AvgIpc) is 3.38. The lowest BCUT2D eigenvalue weighted by Gasteiger charge is -2.33. The topological polar surface area (TPSA) is 111 Å². The number of aliphatic carboxylic acids is 1. The molecule has 2 saturated carbocycles. The molecule has 35 heavy (non-hydrogen) atoms. The van der Waals surface area contributed by atoms with E-state index in [-0.39, 0.29) is 24.2 Å². The molecule has 1 aromatic rings. The molecule has 0 spiro atoms. The number of likely N-dealkylation sites (tertiary alicyclic amines) is 1. The molecule has 0 aromatic heterocycles. The minimum Gasteiger partial charge on any atom is -0.480 e. The summed E-state index contributed by atoms with van der Waals surface area (Å²) in [6, 6.07) is 2.51. The summed E-state index contributed by atoms with van der Waals surface area (Å²) in [6.45, 7) is 0.0332. The number of nitrogens with one attached hydrogen (secondary N) is 3. The molecule has 1 saturated heterocycles. The van der Waals surface area contributed by atoms with Crippen molar-refractivity contribution in [2.45, 2.75) is 95.2 Å². The molecule has 1 unspecified atom stereocenters. The average molecular weight is 489 g/mol. The molecule has 1 heterocycles. The van der Waals surface area contributed by atoms with E-state index in [2.05, 4.69) is 16.0 Å². The van der Waals surface area contributed by atoms with Crippen molar-refractivity contribution >= 4 is 29.2 Å². The predicted molar refractivity (Wildman–Crippen MR) is 132 cm³/mol. The maximum Gasteiger partial charge on any atom is 0.326 e. The fraction of sp³-hybridized carbons (Fsp3) is 0.654. The quantitative estimate of drug-likeness (QED) is 0.438. The molecular formula is C26H37FN4O4. The predicted octanol–water partition coefficient (Wildman–Crippen LogP) is 4.12. The van der Waals surface area contributed by atoms with Gasteiger partial charge in [0.05, 0.1) is 17.8 Å². The lowest BCUT2D eigenvalue weighted by Crippen LogP contribution is -2.51. The Morgan fingerprint density at radius 1 is 0.857 bits per heavy atom. The number of carboxylic acid groups (broad SMARTS) is 1. The van der Waals surface area contributed by atoms with Gasteiger partial charge in [0.2, 0.25) is 5.91 Å². The smallest absolute Gasteiger partial charge is 0.326 e. The molecule has 3 aliphatic rings. The lowest BCUT2D eigenvalue weighted by molar-refractivity contribution is -0.151. The number of anilines is 2. The number of hydrogen-bond acceptors (Lipinski definition) is 5. The van der Waals surface area contributed by atoms with E-state index in [1.807, 2.05) is 0 Å². The van der Waals surface area contributed by atoms with Crippen LogP contribution in [0.1, 0.15) is 87.4 Å². The summed E-state index contributed by atoms with van der Waals surface area (Å²) in [5, 5.41) is 18.8. The molecule has 4 rings (SSSR count). The van der Waals surface area contributed by atoms with Crippen molar-refractivity contribution in [2.24, 2.45) is 0 Å². The molecule has 8 nitrogen and oxygen atoms in total. The number of carbonyl (C=O) groups is 3. The first-order valence-electron chi connectivity index (χ1n) is 13.1. The standard InChI is InChI=1S/C26H37FN4O4/c27-20-14-19(25(33)28-16-24(32)31-13-7-6-12-23(31)26(34)35)21(29-17-10-4-5-11-17)15-22(20)30-18-8-2-1-3-9-18/h14-15,17-18,23,29-30H,1-13,16H2,(H,28,33)(H,34,35). The second kappa shape index (κ2) is 11.7. The van der Waals surface area contributed by atoms with E-state index in [4.69, 9.17) is 0 Å². The van der Waals surface area contributed by atoms with Crippen molar-refractivity contribution in [3.63, 3.8) is 0 Å². The van der Waals surface area contributed by atoms with Crippen molar-refractivity contribution < 1.29 is 23.9 Å². The van der Waals surface area contributed by atoms with E-state index in [0.29, 0.717) is 24.3 Å². The fourth-order valence-electron chi connectivity index (χ4n) is 5.59. The van der Waals surface area contributed by atoms with Crippen LogP contribution in [0.3, 0.4) is 0 Å². The number of halogens is 1. The largest absolute Gasteiger partial charge is 0.480 e. The van der Waals surface area contributed by atoms with Crippen molar-refractivity contribution in [3.05, 3.63) is 23.5 Å². The summed E-state index contributed by atoms with van der Waals surface area (Å²) in [5.74, 6) is -2.51. The number of hydrogen-bond donors (Lipinski definition) is 4. The highest BCUT2D eigenvalue weighted by atomic mass is 19.1. The van der Waals surface area contributed by atoms with Gasteiger partial charge >= 0.3 is 5.97 Å². The Balaban J connectivity index is 1.47. The number of rotatable bonds is 8. The highest BCUT2D eigenvalue weighted by Gasteiger charge is 2.32. The zero-order valence-electron chi connectivity index (χ0n) is 20.3. The summed E-state index contributed by atoms with van der Waals surface area (Å²) in [7, 11) is 0. The molecule has 0 bridgehead atoms. The Kier molecular flexibility index (Phi) is 8.46. The van der Waals surface area contributed by atoms with Crippen LogP contribution in [0.5, 0.6) is 0 Å². The summed E-state index contributed by atoms with van der Waals surface area (Å²) in [4.78, 5) is 38.6. The summed E-state index contributed by atoms with van der Waals surface area (Å²) >= 11 is 0. The first-order valence-corrected chi connectivity index (χ1v) is 13.1. The van der Waals surface area contributed by atoms with Gasteiger partial charge in [-0.2, -0.15) is 0 Å². The van der Waals surface area contributed by atoms with Crippen LogP contribution in [0.15, 0.2) is 12.1 Å². The van der Waals surface area contributed by atoms with Crippen LogP contribution in [0, 0.1) is 5.82 Å². The van der Waals surface area contributed by atoms with Gasteiger partial charge < -0.3 is 26.0 Å². The number of benzene rings is 1. The van der Waals surface area contributed by atoms with Gasteiger partial charge in [0.1, 0.15) is 11.9 Å². The summed E-state index contributed by atoms with van der Waals surface area (Å²) in [5.41, 5.74) is 1.11. The number of carbonyl (C=O) groups excluding carboxylic acids is 2. The maximum atomic E-state index is 15.1. The molecule has 1 aromatic carbocycles. The first kappa shape index (κ1) is 25.3. The van der Waals surface area contributed by atoms with Gasteiger partial charge in [0, 0.05) is 24.3 Å². The van der Waals surface area contributed by atoms with Gasteiger partial charge in [-0.25, -0.2) is 9.18 Å². The molecular weight excluding hydrogens is 451 g/mol. The third-order valence-corrected chi connectivity index (χ3v) is 7.54. The molecule has 4 N–H and O–H groups in total. The number of amides is 2. The van der Waals surface area contributed by atoms with Crippen LogP contribution in [0.4, 0.5) is 15.8 Å². The Labute approximate surface area is 206 Å². The monoisotopic (exact) mass is 488 g/mol. The third-order valence-electron chi connectivity index (χ3n) is 7.54. The normalized spacial score (nSPS) is 21.5. The lowest BCUT2D eigenvalue weighted by atomic mass is 9.95. The number of carboxylic acids is 1. The van der Waals surface area contributed by atoms with Crippen LogP contribution in [-0.2, 0) is 9.59 Å². The van der Waals surface area contributed by atoms with Crippen molar-refractivity contribution in [1.82, 2.24) is 10.2 Å². The Hall–Kier alpha value is -2.84. The second-order valence-electron chi connectivity index (χ2n) is 10.1. The van der Waals surface area contributed by atoms with E-state index in [0.717, 1.165) is 64.2 Å². The molecule has 9 heteroatoms. The van der Waals surface area contributed by atoms with E-state index in [1.165, 1.54) is 17.4 Å². The van der Waals surface area contributed by atoms with E-state index < -0.39 is 29.6 Å². The Bertz CT molecular complexity index is 928. The van der Waals surface area contributed by atoms with Gasteiger partial charge in [-0.15, -0.1) is 0 Å².